The van der Waals surface area contributed by atoms with Crippen LogP contribution in [0.4, 0.5) is 17.6 Å². The number of carbonyl (C=O) groups is 1. The average molecular weight is 174 g/mol. The molecule has 11 heavy (non-hydrogen) atoms. The van der Waals surface area contributed by atoms with Crippen molar-refractivity contribution in [1.82, 2.24) is 0 Å². The number of rotatable bonds is 3. The zero-order valence-electron chi connectivity index (χ0n) is 5.57. The predicted molar refractivity (Wildman–Crippen MR) is 27.8 cm³/mol. The van der Waals surface area contributed by atoms with Crippen LogP contribution in [-0.2, 0) is 4.79 Å². The van der Waals surface area contributed by atoms with Crippen molar-refractivity contribution in [1.29, 1.82) is 0 Å². The van der Waals surface area contributed by atoms with E-state index in [1.54, 1.807) is 0 Å². The molecule has 0 aliphatic rings. The maximum Gasteiger partial charge on any atom is 0.374 e. The van der Waals surface area contributed by atoms with Gasteiger partial charge in [-0.15, -0.1) is 0 Å². The van der Waals surface area contributed by atoms with E-state index in [1.807, 2.05) is 0 Å². The molecule has 66 valence electrons. The van der Waals surface area contributed by atoms with Crippen molar-refractivity contribution in [2.24, 2.45) is 0 Å². The summed E-state index contributed by atoms with van der Waals surface area (Å²) in [5, 5.41) is 7.72. The standard InChI is InChI=1S/C5H6F4O2/c1-4(6,7)2-5(8,9)3(10)11/h2H2,1H3,(H,10,11). The van der Waals surface area contributed by atoms with Crippen molar-refractivity contribution in [3.8, 4) is 0 Å². The lowest BCUT2D eigenvalue weighted by Gasteiger charge is -2.15. The second-order valence-corrected chi connectivity index (χ2v) is 2.26. The van der Waals surface area contributed by atoms with E-state index in [-0.39, 0.29) is 6.92 Å². The Labute approximate surface area is 59.8 Å². The van der Waals surface area contributed by atoms with E-state index in [1.165, 1.54) is 0 Å². The van der Waals surface area contributed by atoms with Gasteiger partial charge in [0.1, 0.15) is 0 Å². The number of carboxylic acids is 1. The molecule has 6 heteroatoms. The summed E-state index contributed by atoms with van der Waals surface area (Å²) in [6.07, 6.45) is -1.96. The summed E-state index contributed by atoms with van der Waals surface area (Å²) in [6.45, 7) is 0.240. The third-order valence-electron chi connectivity index (χ3n) is 0.845. The summed E-state index contributed by atoms with van der Waals surface area (Å²) >= 11 is 0. The molecule has 0 aliphatic carbocycles. The van der Waals surface area contributed by atoms with Crippen molar-refractivity contribution in [3.63, 3.8) is 0 Å². The molecular formula is C5H6F4O2. The molecule has 0 heterocycles. The minimum Gasteiger partial charge on any atom is -0.477 e. The predicted octanol–water partition coefficient (Wildman–Crippen LogP) is 1.75. The van der Waals surface area contributed by atoms with E-state index < -0.39 is 24.2 Å². The fraction of sp³-hybridized carbons (Fsp3) is 0.800. The summed E-state index contributed by atoms with van der Waals surface area (Å²) < 4.78 is 47.6. The van der Waals surface area contributed by atoms with Crippen LogP contribution in [-0.4, -0.2) is 22.9 Å². The van der Waals surface area contributed by atoms with Gasteiger partial charge in [0.2, 0.25) is 0 Å². The summed E-state index contributed by atoms with van der Waals surface area (Å²) in [7, 11) is 0. The second kappa shape index (κ2) is 2.67. The Morgan fingerprint density at radius 2 is 1.73 bits per heavy atom. The molecule has 1 N–H and O–H groups in total. The van der Waals surface area contributed by atoms with Gasteiger partial charge in [-0.3, -0.25) is 0 Å². The molecule has 0 atom stereocenters. The monoisotopic (exact) mass is 174 g/mol. The largest absolute Gasteiger partial charge is 0.477 e. The summed E-state index contributed by atoms with van der Waals surface area (Å²) in [5.41, 5.74) is 0. The molecule has 0 amide bonds. The Balaban J connectivity index is 4.25. The van der Waals surface area contributed by atoms with E-state index in [2.05, 4.69) is 0 Å². The highest BCUT2D eigenvalue weighted by Crippen LogP contribution is 2.29. The minimum atomic E-state index is -4.35. The Kier molecular flexibility index (Phi) is 2.47. The molecule has 0 bridgehead atoms. The van der Waals surface area contributed by atoms with E-state index in [4.69, 9.17) is 5.11 Å². The molecule has 0 unspecified atom stereocenters. The lowest BCUT2D eigenvalue weighted by Crippen LogP contribution is -2.34. The summed E-state index contributed by atoms with van der Waals surface area (Å²) in [5.74, 6) is -10.5. The average Bonchev–Trinajstić information content (AvgIpc) is 1.56. The molecule has 0 aromatic heterocycles. The third-order valence-corrected chi connectivity index (χ3v) is 0.845. The number of aliphatic carboxylic acids is 1. The van der Waals surface area contributed by atoms with Gasteiger partial charge < -0.3 is 5.11 Å². The third kappa shape index (κ3) is 3.79. The van der Waals surface area contributed by atoms with Gasteiger partial charge in [0.15, 0.2) is 0 Å². The molecule has 0 aromatic rings. The first-order chi connectivity index (χ1) is 4.65. The molecule has 0 saturated heterocycles. The van der Waals surface area contributed by atoms with Crippen LogP contribution in [0.1, 0.15) is 13.3 Å². The highest BCUT2D eigenvalue weighted by molar-refractivity contribution is 5.75. The van der Waals surface area contributed by atoms with Crippen LogP contribution >= 0.6 is 0 Å². The molecule has 0 aliphatic heterocycles. The van der Waals surface area contributed by atoms with E-state index in [0.29, 0.717) is 0 Å². The zero-order chi connectivity index (χ0) is 9.28. The van der Waals surface area contributed by atoms with Gasteiger partial charge in [0, 0.05) is 0 Å². The molecule has 0 rings (SSSR count). The molecule has 0 aromatic carbocycles. The molecular weight excluding hydrogens is 168 g/mol. The number of hydrogen-bond acceptors (Lipinski definition) is 1. The van der Waals surface area contributed by atoms with Crippen LogP contribution in [0.25, 0.3) is 0 Å². The number of carboxylic acid groups (broad SMARTS) is 1. The van der Waals surface area contributed by atoms with E-state index >= 15 is 0 Å². The van der Waals surface area contributed by atoms with Crippen molar-refractivity contribution in [3.05, 3.63) is 0 Å². The van der Waals surface area contributed by atoms with Crippen molar-refractivity contribution in [2.45, 2.75) is 25.2 Å². The number of alkyl halides is 4. The van der Waals surface area contributed by atoms with Gasteiger partial charge in [-0.25, -0.2) is 13.6 Å². The maximum atomic E-state index is 12.0. The number of hydrogen-bond donors (Lipinski definition) is 1. The van der Waals surface area contributed by atoms with Gasteiger partial charge in [0.05, 0.1) is 6.42 Å². The van der Waals surface area contributed by atoms with Crippen LogP contribution < -0.4 is 0 Å². The Bertz CT molecular complexity index is 160. The quantitative estimate of drug-likeness (QED) is 0.661. The fourth-order valence-corrected chi connectivity index (χ4v) is 0.465. The van der Waals surface area contributed by atoms with Crippen LogP contribution in [0.15, 0.2) is 0 Å². The zero-order valence-corrected chi connectivity index (χ0v) is 5.57. The molecule has 0 fully saturated rings. The minimum absolute atomic E-state index is 0.240. The Morgan fingerprint density at radius 3 is 1.82 bits per heavy atom. The van der Waals surface area contributed by atoms with Gasteiger partial charge >= 0.3 is 11.9 Å². The highest BCUT2D eigenvalue weighted by atomic mass is 19.3. The van der Waals surface area contributed by atoms with Crippen molar-refractivity contribution in [2.75, 3.05) is 0 Å². The summed E-state index contributed by atoms with van der Waals surface area (Å²) in [4.78, 5) is 9.62. The first kappa shape index (κ1) is 10.2. The van der Waals surface area contributed by atoms with Crippen molar-refractivity contribution >= 4 is 5.97 Å². The van der Waals surface area contributed by atoms with Crippen LogP contribution in [0.5, 0.6) is 0 Å². The molecule has 0 radical (unpaired) electrons. The second-order valence-electron chi connectivity index (χ2n) is 2.26. The Morgan fingerprint density at radius 1 is 1.36 bits per heavy atom. The van der Waals surface area contributed by atoms with Crippen LogP contribution in [0, 0.1) is 0 Å². The molecule has 0 spiro atoms. The summed E-state index contributed by atoms with van der Waals surface area (Å²) in [6, 6.07) is 0. The fourth-order valence-electron chi connectivity index (χ4n) is 0.465. The smallest absolute Gasteiger partial charge is 0.374 e. The normalized spacial score (nSPS) is 13.2. The van der Waals surface area contributed by atoms with Gasteiger partial charge in [-0.05, 0) is 6.92 Å². The van der Waals surface area contributed by atoms with Gasteiger partial charge in [-0.1, -0.05) is 0 Å². The van der Waals surface area contributed by atoms with E-state index in [0.717, 1.165) is 0 Å². The number of halogens is 4. The van der Waals surface area contributed by atoms with Gasteiger partial charge in [0.25, 0.3) is 5.92 Å². The Hall–Kier alpha value is -0.810. The lowest BCUT2D eigenvalue weighted by molar-refractivity contribution is -0.176. The first-order valence-corrected chi connectivity index (χ1v) is 2.64. The molecule has 2 nitrogen and oxygen atoms in total. The van der Waals surface area contributed by atoms with Gasteiger partial charge in [-0.2, -0.15) is 8.78 Å². The topological polar surface area (TPSA) is 37.3 Å². The van der Waals surface area contributed by atoms with E-state index in [9.17, 15) is 22.4 Å². The van der Waals surface area contributed by atoms with Crippen LogP contribution in [0.3, 0.4) is 0 Å². The molecule has 0 saturated carbocycles. The lowest BCUT2D eigenvalue weighted by atomic mass is 10.1. The SMILES string of the molecule is CC(F)(F)CC(F)(F)C(=O)O. The maximum absolute atomic E-state index is 12.0. The van der Waals surface area contributed by atoms with Crippen molar-refractivity contribution < 1.29 is 27.5 Å². The van der Waals surface area contributed by atoms with Crippen LogP contribution in [0.2, 0.25) is 0 Å². The highest BCUT2D eigenvalue weighted by Gasteiger charge is 2.46. The first-order valence-electron chi connectivity index (χ1n) is 2.64.